The standard InChI is InChI=1S/C17H28N4O3S.HI/c1-18-17(19-7-12-25(2,22)23)20-13-15-5-3-4-6-16(15)14-21-8-10-24-11-9-21;/h3-6H,7-14H2,1-2H3,(H2,18,19,20);1H. The molecule has 7 nitrogen and oxygen atoms in total. The largest absolute Gasteiger partial charge is 0.379 e. The summed E-state index contributed by atoms with van der Waals surface area (Å²) in [5.74, 6) is 0.686. The predicted octanol–water partition coefficient (Wildman–Crippen LogP) is 0.846. The summed E-state index contributed by atoms with van der Waals surface area (Å²) in [6.07, 6.45) is 1.23. The Morgan fingerprint density at radius 2 is 1.85 bits per heavy atom. The normalized spacial score (nSPS) is 16.0. The van der Waals surface area contributed by atoms with E-state index in [1.54, 1.807) is 7.05 Å². The SMILES string of the molecule is CN=C(NCCS(C)(=O)=O)NCc1ccccc1CN1CCOCC1.I. The number of morpholine rings is 1. The van der Waals surface area contributed by atoms with E-state index in [4.69, 9.17) is 4.74 Å². The van der Waals surface area contributed by atoms with Crippen molar-refractivity contribution in [3.63, 3.8) is 0 Å². The average Bonchev–Trinajstić information content (AvgIpc) is 2.59. The van der Waals surface area contributed by atoms with E-state index in [0.717, 1.165) is 32.8 Å². The maximum absolute atomic E-state index is 11.2. The quantitative estimate of drug-likeness (QED) is 0.331. The molecule has 148 valence electrons. The van der Waals surface area contributed by atoms with Crippen LogP contribution in [0.15, 0.2) is 29.3 Å². The Bertz CT molecular complexity index is 676. The van der Waals surface area contributed by atoms with Crippen molar-refractivity contribution in [3.8, 4) is 0 Å². The summed E-state index contributed by atoms with van der Waals surface area (Å²) >= 11 is 0. The number of hydrogen-bond donors (Lipinski definition) is 2. The molecule has 0 saturated carbocycles. The minimum absolute atomic E-state index is 0. The van der Waals surface area contributed by atoms with E-state index in [2.05, 4.69) is 38.7 Å². The number of halogens is 1. The van der Waals surface area contributed by atoms with Crippen LogP contribution in [0, 0.1) is 0 Å². The first kappa shape index (κ1) is 23.1. The van der Waals surface area contributed by atoms with Crippen LogP contribution in [-0.2, 0) is 27.7 Å². The Balaban J connectivity index is 0.00000338. The lowest BCUT2D eigenvalue weighted by molar-refractivity contribution is 0.0341. The van der Waals surface area contributed by atoms with Gasteiger partial charge in [-0.1, -0.05) is 24.3 Å². The molecule has 0 aliphatic carbocycles. The lowest BCUT2D eigenvalue weighted by Gasteiger charge is -2.27. The molecule has 26 heavy (non-hydrogen) atoms. The monoisotopic (exact) mass is 496 g/mol. The minimum atomic E-state index is -2.98. The highest BCUT2D eigenvalue weighted by Crippen LogP contribution is 2.12. The fourth-order valence-corrected chi connectivity index (χ4v) is 3.11. The lowest BCUT2D eigenvalue weighted by atomic mass is 10.1. The van der Waals surface area contributed by atoms with Crippen LogP contribution in [0.3, 0.4) is 0 Å². The van der Waals surface area contributed by atoms with Crippen molar-refractivity contribution >= 4 is 39.8 Å². The van der Waals surface area contributed by atoms with Crippen molar-refractivity contribution in [1.82, 2.24) is 15.5 Å². The summed E-state index contributed by atoms with van der Waals surface area (Å²) in [6, 6.07) is 8.33. The molecule has 2 rings (SSSR count). The summed E-state index contributed by atoms with van der Waals surface area (Å²) in [5, 5.41) is 6.28. The first-order valence-corrected chi connectivity index (χ1v) is 10.5. The molecule has 0 aromatic heterocycles. The maximum Gasteiger partial charge on any atom is 0.191 e. The first-order chi connectivity index (χ1) is 12.0. The molecule has 2 N–H and O–H groups in total. The van der Waals surface area contributed by atoms with Crippen molar-refractivity contribution in [2.45, 2.75) is 13.1 Å². The van der Waals surface area contributed by atoms with Gasteiger partial charge in [0.25, 0.3) is 0 Å². The van der Waals surface area contributed by atoms with Gasteiger partial charge in [-0.15, -0.1) is 24.0 Å². The van der Waals surface area contributed by atoms with Crippen molar-refractivity contribution < 1.29 is 13.2 Å². The molecule has 0 amide bonds. The molecular weight excluding hydrogens is 467 g/mol. The highest BCUT2D eigenvalue weighted by Gasteiger charge is 2.12. The number of sulfone groups is 1. The van der Waals surface area contributed by atoms with E-state index in [-0.39, 0.29) is 29.7 Å². The topological polar surface area (TPSA) is 83.0 Å². The maximum atomic E-state index is 11.2. The number of hydrogen-bond acceptors (Lipinski definition) is 5. The molecule has 9 heteroatoms. The van der Waals surface area contributed by atoms with Gasteiger partial charge in [0.1, 0.15) is 9.84 Å². The highest BCUT2D eigenvalue weighted by atomic mass is 127. The molecule has 0 unspecified atom stereocenters. The second kappa shape index (κ2) is 11.7. The molecule has 1 fully saturated rings. The number of benzene rings is 1. The van der Waals surface area contributed by atoms with Gasteiger partial charge in [-0.25, -0.2) is 8.42 Å². The molecule has 0 spiro atoms. The van der Waals surface area contributed by atoms with Gasteiger partial charge in [-0.2, -0.15) is 0 Å². The van der Waals surface area contributed by atoms with Gasteiger partial charge in [-0.3, -0.25) is 9.89 Å². The van der Waals surface area contributed by atoms with Crippen LogP contribution >= 0.6 is 24.0 Å². The number of ether oxygens (including phenoxy) is 1. The third-order valence-electron chi connectivity index (χ3n) is 4.05. The van der Waals surface area contributed by atoms with Gasteiger partial charge < -0.3 is 15.4 Å². The molecule has 1 aromatic carbocycles. The Hall–Kier alpha value is -0.910. The van der Waals surface area contributed by atoms with E-state index >= 15 is 0 Å². The van der Waals surface area contributed by atoms with Crippen LogP contribution < -0.4 is 10.6 Å². The van der Waals surface area contributed by atoms with Crippen molar-refractivity contribution in [2.24, 2.45) is 4.99 Å². The van der Waals surface area contributed by atoms with E-state index < -0.39 is 9.84 Å². The number of aliphatic imine (C=N–C) groups is 1. The number of guanidine groups is 1. The second-order valence-electron chi connectivity index (χ2n) is 6.14. The molecule has 1 heterocycles. The van der Waals surface area contributed by atoms with Gasteiger partial charge in [0.2, 0.25) is 0 Å². The molecule has 0 atom stereocenters. The van der Waals surface area contributed by atoms with Gasteiger partial charge in [0.05, 0.1) is 19.0 Å². The summed E-state index contributed by atoms with van der Waals surface area (Å²) in [5.41, 5.74) is 2.49. The zero-order valence-corrected chi connectivity index (χ0v) is 18.5. The van der Waals surface area contributed by atoms with Gasteiger partial charge in [-0.05, 0) is 11.1 Å². The number of rotatable bonds is 7. The molecule has 1 aliphatic heterocycles. The Labute approximate surface area is 173 Å². The molecule has 1 aromatic rings. The Morgan fingerprint density at radius 3 is 2.46 bits per heavy atom. The highest BCUT2D eigenvalue weighted by molar-refractivity contribution is 14.0. The summed E-state index contributed by atoms with van der Waals surface area (Å²) in [4.78, 5) is 6.53. The predicted molar refractivity (Wildman–Crippen MR) is 116 cm³/mol. The van der Waals surface area contributed by atoms with Crippen LogP contribution in [0.2, 0.25) is 0 Å². The molecule has 0 radical (unpaired) electrons. The van der Waals surface area contributed by atoms with Crippen LogP contribution in [0.4, 0.5) is 0 Å². The number of nitrogens with zero attached hydrogens (tertiary/aromatic N) is 2. The van der Waals surface area contributed by atoms with Gasteiger partial charge >= 0.3 is 0 Å². The Kier molecular flexibility index (Phi) is 10.4. The van der Waals surface area contributed by atoms with Crippen LogP contribution in [0.25, 0.3) is 0 Å². The summed E-state index contributed by atoms with van der Waals surface area (Å²) < 4.78 is 27.8. The minimum Gasteiger partial charge on any atom is -0.379 e. The second-order valence-corrected chi connectivity index (χ2v) is 8.40. The molecule has 1 saturated heterocycles. The third kappa shape index (κ3) is 8.65. The molecule has 1 aliphatic rings. The van der Waals surface area contributed by atoms with E-state index in [9.17, 15) is 8.42 Å². The van der Waals surface area contributed by atoms with Crippen molar-refractivity contribution in [2.75, 3.05) is 51.9 Å². The Morgan fingerprint density at radius 1 is 1.19 bits per heavy atom. The molecule has 0 bridgehead atoms. The average molecular weight is 496 g/mol. The van der Waals surface area contributed by atoms with E-state index in [1.165, 1.54) is 17.4 Å². The summed E-state index contributed by atoms with van der Waals surface area (Å²) in [7, 11) is -1.30. The lowest BCUT2D eigenvalue weighted by Crippen LogP contribution is -2.39. The molecular formula is C17H29IN4O3S. The zero-order valence-electron chi connectivity index (χ0n) is 15.4. The van der Waals surface area contributed by atoms with Crippen LogP contribution in [0.1, 0.15) is 11.1 Å². The smallest absolute Gasteiger partial charge is 0.191 e. The first-order valence-electron chi connectivity index (χ1n) is 8.47. The van der Waals surface area contributed by atoms with Crippen LogP contribution in [0.5, 0.6) is 0 Å². The number of nitrogens with one attached hydrogen (secondary N) is 2. The van der Waals surface area contributed by atoms with E-state index in [0.29, 0.717) is 19.0 Å². The van der Waals surface area contributed by atoms with Crippen molar-refractivity contribution in [3.05, 3.63) is 35.4 Å². The van der Waals surface area contributed by atoms with Crippen molar-refractivity contribution in [1.29, 1.82) is 0 Å². The van der Waals surface area contributed by atoms with Crippen LogP contribution in [-0.4, -0.2) is 71.2 Å². The zero-order chi connectivity index (χ0) is 18.1. The summed E-state index contributed by atoms with van der Waals surface area (Å²) in [6.45, 7) is 5.37. The third-order valence-corrected chi connectivity index (χ3v) is 5.00. The fourth-order valence-electron chi connectivity index (χ4n) is 2.64. The fraction of sp³-hybridized carbons (Fsp3) is 0.588. The van der Waals surface area contributed by atoms with Gasteiger partial charge in [0, 0.05) is 46.0 Å². The van der Waals surface area contributed by atoms with Gasteiger partial charge in [0.15, 0.2) is 5.96 Å². The van der Waals surface area contributed by atoms with E-state index in [1.807, 2.05) is 6.07 Å².